The second-order valence-corrected chi connectivity index (χ2v) is 8.41. The molecular weight excluding hydrogens is 325 g/mol. The van der Waals surface area contributed by atoms with Crippen molar-refractivity contribution in [1.29, 1.82) is 0 Å². The van der Waals surface area contributed by atoms with Gasteiger partial charge in [0.1, 0.15) is 11.6 Å². The topological polar surface area (TPSA) is 12.5 Å². The van der Waals surface area contributed by atoms with Gasteiger partial charge in [-0.25, -0.2) is 4.39 Å². The van der Waals surface area contributed by atoms with Gasteiger partial charge < -0.3 is 4.74 Å². The van der Waals surface area contributed by atoms with E-state index >= 15 is 0 Å². The van der Waals surface area contributed by atoms with Gasteiger partial charge in [0.05, 0.1) is 6.61 Å². The number of hydrogen-bond donors (Lipinski definition) is 0. The smallest absolute Gasteiger partial charge is 0.130 e. The molecule has 0 atom stereocenters. The summed E-state index contributed by atoms with van der Waals surface area (Å²) in [5.74, 6) is 1.02. The van der Waals surface area contributed by atoms with Gasteiger partial charge in [-0.3, -0.25) is 4.90 Å². The minimum absolute atomic E-state index is 0.173. The zero-order valence-corrected chi connectivity index (χ0v) is 16.2. The highest BCUT2D eigenvalue weighted by molar-refractivity contribution is 5.32. The third-order valence-electron chi connectivity index (χ3n) is 5.19. The average molecular weight is 355 g/mol. The molecule has 1 heterocycles. The molecule has 1 aliphatic heterocycles. The number of benzene rings is 2. The van der Waals surface area contributed by atoms with Crippen molar-refractivity contribution in [2.24, 2.45) is 5.92 Å². The molecule has 2 aromatic carbocycles. The van der Waals surface area contributed by atoms with Gasteiger partial charge in [-0.05, 0) is 54.5 Å². The highest BCUT2D eigenvalue weighted by atomic mass is 19.1. The molecule has 26 heavy (non-hydrogen) atoms. The zero-order chi connectivity index (χ0) is 18.6. The van der Waals surface area contributed by atoms with Gasteiger partial charge in [0, 0.05) is 12.6 Å². The van der Waals surface area contributed by atoms with Gasteiger partial charge in [0.25, 0.3) is 0 Å². The van der Waals surface area contributed by atoms with Crippen LogP contribution in [0.15, 0.2) is 48.5 Å². The van der Waals surface area contributed by atoms with Crippen LogP contribution in [0.4, 0.5) is 4.39 Å². The van der Waals surface area contributed by atoms with Crippen LogP contribution in [-0.4, -0.2) is 24.6 Å². The fraction of sp³-hybridized carbons (Fsp3) is 0.478. The molecule has 3 heteroatoms. The van der Waals surface area contributed by atoms with E-state index in [0.717, 1.165) is 38.0 Å². The predicted octanol–water partition coefficient (Wildman–Crippen LogP) is 5.41. The van der Waals surface area contributed by atoms with E-state index in [1.165, 1.54) is 11.6 Å². The summed E-state index contributed by atoms with van der Waals surface area (Å²) in [4.78, 5) is 2.50. The second kappa shape index (κ2) is 8.22. The summed E-state index contributed by atoms with van der Waals surface area (Å²) in [7, 11) is 0. The van der Waals surface area contributed by atoms with E-state index in [1.807, 2.05) is 32.9 Å². The largest absolute Gasteiger partial charge is 0.493 e. The molecule has 0 radical (unpaired) electrons. The standard InChI is InChI=1S/C23H30FNO/c1-23(2,3)21-10-9-20(15-22(21)24)26-17-19-11-13-25(14-12-19)16-18-7-5-4-6-8-18/h4-10,15,19H,11-14,16-17H2,1-3H3. The Bertz CT molecular complexity index is 700. The zero-order valence-electron chi connectivity index (χ0n) is 16.2. The molecule has 0 saturated carbocycles. The molecule has 0 bridgehead atoms. The molecule has 0 N–H and O–H groups in total. The van der Waals surface area contributed by atoms with Gasteiger partial charge in [0.2, 0.25) is 0 Å². The minimum Gasteiger partial charge on any atom is -0.493 e. The summed E-state index contributed by atoms with van der Waals surface area (Å²) < 4.78 is 20.2. The lowest BCUT2D eigenvalue weighted by Crippen LogP contribution is -2.35. The summed E-state index contributed by atoms with van der Waals surface area (Å²) in [6, 6.07) is 15.9. The van der Waals surface area contributed by atoms with Crippen molar-refractivity contribution in [3.8, 4) is 5.75 Å². The maximum absolute atomic E-state index is 14.3. The van der Waals surface area contributed by atoms with E-state index in [0.29, 0.717) is 18.3 Å². The molecule has 0 unspecified atom stereocenters. The molecule has 1 fully saturated rings. The Morgan fingerprint density at radius 1 is 1.04 bits per heavy atom. The number of ether oxygens (including phenoxy) is 1. The van der Waals surface area contributed by atoms with Crippen LogP contribution in [0.5, 0.6) is 5.75 Å². The van der Waals surface area contributed by atoms with E-state index < -0.39 is 0 Å². The van der Waals surface area contributed by atoms with Gasteiger partial charge in [0.15, 0.2) is 0 Å². The Morgan fingerprint density at radius 3 is 2.35 bits per heavy atom. The first-order valence-corrected chi connectivity index (χ1v) is 9.61. The van der Waals surface area contributed by atoms with E-state index in [4.69, 9.17) is 4.74 Å². The first kappa shape index (κ1) is 18.9. The lowest BCUT2D eigenvalue weighted by atomic mass is 9.86. The molecule has 1 aliphatic rings. The summed E-state index contributed by atoms with van der Waals surface area (Å²) in [5, 5.41) is 0. The van der Waals surface area contributed by atoms with Crippen LogP contribution in [0.1, 0.15) is 44.7 Å². The highest BCUT2D eigenvalue weighted by Gasteiger charge is 2.21. The van der Waals surface area contributed by atoms with Crippen molar-refractivity contribution in [2.75, 3.05) is 19.7 Å². The quantitative estimate of drug-likeness (QED) is 0.710. The van der Waals surface area contributed by atoms with Crippen molar-refractivity contribution < 1.29 is 9.13 Å². The Kier molecular flexibility index (Phi) is 5.98. The van der Waals surface area contributed by atoms with Crippen molar-refractivity contribution >= 4 is 0 Å². The Labute approximate surface area is 157 Å². The van der Waals surface area contributed by atoms with Crippen LogP contribution in [0, 0.1) is 11.7 Å². The first-order valence-electron chi connectivity index (χ1n) is 9.61. The molecule has 2 nitrogen and oxygen atoms in total. The van der Waals surface area contributed by atoms with Crippen LogP contribution in [0.3, 0.4) is 0 Å². The van der Waals surface area contributed by atoms with E-state index in [-0.39, 0.29) is 11.2 Å². The van der Waals surface area contributed by atoms with Crippen LogP contribution >= 0.6 is 0 Å². The predicted molar refractivity (Wildman–Crippen MR) is 105 cm³/mol. The maximum Gasteiger partial charge on any atom is 0.130 e. The second-order valence-electron chi connectivity index (χ2n) is 8.41. The van der Waals surface area contributed by atoms with Crippen molar-refractivity contribution in [2.45, 2.75) is 45.6 Å². The molecule has 3 rings (SSSR count). The molecule has 1 saturated heterocycles. The normalized spacial score (nSPS) is 16.6. The SMILES string of the molecule is CC(C)(C)c1ccc(OCC2CCN(Cc3ccccc3)CC2)cc1F. The monoisotopic (exact) mass is 355 g/mol. The summed E-state index contributed by atoms with van der Waals surface area (Å²) >= 11 is 0. The summed E-state index contributed by atoms with van der Waals surface area (Å²) in [5.41, 5.74) is 1.92. The number of piperidine rings is 1. The molecule has 0 aliphatic carbocycles. The number of hydrogen-bond acceptors (Lipinski definition) is 2. The van der Waals surface area contributed by atoms with Gasteiger partial charge in [-0.15, -0.1) is 0 Å². The minimum atomic E-state index is -0.186. The lowest BCUT2D eigenvalue weighted by molar-refractivity contribution is 0.136. The van der Waals surface area contributed by atoms with Crippen LogP contribution in [0.25, 0.3) is 0 Å². The molecule has 0 spiro atoms. The fourth-order valence-electron chi connectivity index (χ4n) is 3.56. The van der Waals surface area contributed by atoms with E-state index in [1.54, 1.807) is 0 Å². The van der Waals surface area contributed by atoms with Gasteiger partial charge in [-0.1, -0.05) is 57.2 Å². The maximum atomic E-state index is 14.3. The number of rotatable bonds is 5. The Hall–Kier alpha value is -1.87. The molecule has 140 valence electrons. The highest BCUT2D eigenvalue weighted by Crippen LogP contribution is 2.28. The Morgan fingerprint density at radius 2 is 1.73 bits per heavy atom. The summed E-state index contributed by atoms with van der Waals surface area (Å²) in [6.07, 6.45) is 2.27. The third kappa shape index (κ3) is 5.07. The third-order valence-corrected chi connectivity index (χ3v) is 5.19. The lowest BCUT2D eigenvalue weighted by Gasteiger charge is -2.31. The van der Waals surface area contributed by atoms with E-state index in [9.17, 15) is 4.39 Å². The molecular formula is C23H30FNO. The van der Waals surface area contributed by atoms with Gasteiger partial charge in [-0.2, -0.15) is 0 Å². The summed E-state index contributed by atoms with van der Waals surface area (Å²) in [6.45, 7) is 9.96. The average Bonchev–Trinajstić information content (AvgIpc) is 2.61. The molecule has 2 aromatic rings. The van der Waals surface area contributed by atoms with Crippen molar-refractivity contribution in [3.05, 3.63) is 65.5 Å². The van der Waals surface area contributed by atoms with Gasteiger partial charge >= 0.3 is 0 Å². The number of halogens is 1. The fourth-order valence-corrected chi connectivity index (χ4v) is 3.56. The van der Waals surface area contributed by atoms with Crippen LogP contribution in [0.2, 0.25) is 0 Å². The first-order chi connectivity index (χ1) is 12.4. The van der Waals surface area contributed by atoms with Crippen molar-refractivity contribution in [1.82, 2.24) is 4.90 Å². The molecule has 0 amide bonds. The number of likely N-dealkylation sites (tertiary alicyclic amines) is 1. The number of nitrogens with zero attached hydrogens (tertiary/aromatic N) is 1. The van der Waals surface area contributed by atoms with Crippen LogP contribution in [-0.2, 0) is 12.0 Å². The van der Waals surface area contributed by atoms with E-state index in [2.05, 4.69) is 35.2 Å². The molecule has 0 aromatic heterocycles. The van der Waals surface area contributed by atoms with Crippen LogP contribution < -0.4 is 4.74 Å². The Balaban J connectivity index is 1.46. The van der Waals surface area contributed by atoms with Crippen molar-refractivity contribution in [3.63, 3.8) is 0 Å².